The number of rotatable bonds is 2. The number of imidazole rings is 1. The summed E-state index contributed by atoms with van der Waals surface area (Å²) in [6.45, 7) is 0. The zero-order valence-corrected chi connectivity index (χ0v) is 10.7. The molecule has 0 aliphatic carbocycles. The SMILES string of the molecule is COc1ccc(-c2cn3c(=O)n(C)ccc3n2)cc1. The molecule has 5 heteroatoms. The Hall–Kier alpha value is -2.56. The highest BCUT2D eigenvalue weighted by Crippen LogP contribution is 2.21. The topological polar surface area (TPSA) is 48.5 Å². The first-order chi connectivity index (χ1) is 9.19. The normalized spacial score (nSPS) is 10.8. The summed E-state index contributed by atoms with van der Waals surface area (Å²) in [7, 11) is 3.35. The van der Waals surface area contributed by atoms with E-state index >= 15 is 0 Å². The van der Waals surface area contributed by atoms with Gasteiger partial charge in [-0.25, -0.2) is 9.78 Å². The Labute approximate surface area is 109 Å². The molecule has 0 atom stereocenters. The predicted octanol–water partition coefficient (Wildman–Crippen LogP) is 1.71. The van der Waals surface area contributed by atoms with Crippen molar-refractivity contribution in [3.05, 3.63) is 53.2 Å². The smallest absolute Gasteiger partial charge is 0.333 e. The number of aromatic nitrogens is 3. The lowest BCUT2D eigenvalue weighted by molar-refractivity contribution is 0.415. The fraction of sp³-hybridized carbons (Fsp3) is 0.143. The van der Waals surface area contributed by atoms with Gasteiger partial charge in [0, 0.05) is 25.0 Å². The molecule has 0 fully saturated rings. The van der Waals surface area contributed by atoms with E-state index < -0.39 is 0 Å². The number of hydrogen-bond donors (Lipinski definition) is 0. The Balaban J connectivity index is 2.15. The predicted molar refractivity (Wildman–Crippen MR) is 72.4 cm³/mol. The van der Waals surface area contributed by atoms with Crippen molar-refractivity contribution in [3.8, 4) is 17.0 Å². The van der Waals surface area contributed by atoms with E-state index in [2.05, 4.69) is 4.98 Å². The Bertz CT molecular complexity index is 785. The van der Waals surface area contributed by atoms with E-state index in [-0.39, 0.29) is 5.69 Å². The van der Waals surface area contributed by atoms with Crippen molar-refractivity contribution in [2.45, 2.75) is 0 Å². The van der Waals surface area contributed by atoms with Gasteiger partial charge in [0.1, 0.15) is 11.4 Å². The van der Waals surface area contributed by atoms with Crippen LogP contribution in [0, 0.1) is 0 Å². The molecule has 0 aliphatic rings. The third kappa shape index (κ3) is 1.89. The maximum absolute atomic E-state index is 11.9. The number of fused-ring (bicyclic) bond motifs is 1. The molecule has 96 valence electrons. The lowest BCUT2D eigenvalue weighted by Crippen LogP contribution is -2.22. The van der Waals surface area contributed by atoms with E-state index in [9.17, 15) is 4.79 Å². The molecule has 0 N–H and O–H groups in total. The highest BCUT2D eigenvalue weighted by atomic mass is 16.5. The molecular formula is C14H13N3O2. The Kier molecular flexibility index (Phi) is 2.59. The van der Waals surface area contributed by atoms with E-state index in [4.69, 9.17) is 4.74 Å². The first-order valence-electron chi connectivity index (χ1n) is 5.88. The fourth-order valence-corrected chi connectivity index (χ4v) is 1.98. The largest absolute Gasteiger partial charge is 0.497 e. The van der Waals surface area contributed by atoms with Crippen LogP contribution < -0.4 is 10.4 Å². The van der Waals surface area contributed by atoms with Crippen LogP contribution in [-0.2, 0) is 7.05 Å². The summed E-state index contributed by atoms with van der Waals surface area (Å²) in [5.41, 5.74) is 2.26. The van der Waals surface area contributed by atoms with E-state index in [1.165, 1.54) is 4.57 Å². The Morgan fingerprint density at radius 3 is 2.58 bits per heavy atom. The summed E-state index contributed by atoms with van der Waals surface area (Å²) in [4.78, 5) is 16.4. The Morgan fingerprint density at radius 2 is 1.89 bits per heavy atom. The lowest BCUT2D eigenvalue weighted by Gasteiger charge is -1.99. The molecule has 5 nitrogen and oxygen atoms in total. The second kappa shape index (κ2) is 4.28. The summed E-state index contributed by atoms with van der Waals surface area (Å²) >= 11 is 0. The van der Waals surface area contributed by atoms with E-state index in [0.29, 0.717) is 5.65 Å². The molecule has 0 saturated heterocycles. The van der Waals surface area contributed by atoms with Crippen molar-refractivity contribution in [2.75, 3.05) is 7.11 Å². The molecule has 0 bridgehead atoms. The first-order valence-corrected chi connectivity index (χ1v) is 5.88. The van der Waals surface area contributed by atoms with Crippen LogP contribution in [0.3, 0.4) is 0 Å². The van der Waals surface area contributed by atoms with Gasteiger partial charge in [-0.3, -0.25) is 4.40 Å². The van der Waals surface area contributed by atoms with Crippen LogP contribution in [-0.4, -0.2) is 21.1 Å². The maximum atomic E-state index is 11.9. The lowest BCUT2D eigenvalue weighted by atomic mass is 10.2. The van der Waals surface area contributed by atoms with Gasteiger partial charge in [-0.15, -0.1) is 0 Å². The summed E-state index contributed by atoms with van der Waals surface area (Å²) in [5.74, 6) is 0.795. The molecular weight excluding hydrogens is 242 g/mol. The number of hydrogen-bond acceptors (Lipinski definition) is 3. The van der Waals surface area contributed by atoms with Crippen LogP contribution in [0.4, 0.5) is 0 Å². The van der Waals surface area contributed by atoms with Crippen LogP contribution in [0.25, 0.3) is 16.9 Å². The average molecular weight is 255 g/mol. The van der Waals surface area contributed by atoms with Crippen LogP contribution in [0.2, 0.25) is 0 Å². The van der Waals surface area contributed by atoms with Crippen LogP contribution in [0.15, 0.2) is 47.5 Å². The van der Waals surface area contributed by atoms with Gasteiger partial charge in [0.2, 0.25) is 0 Å². The maximum Gasteiger partial charge on any atom is 0.333 e. The van der Waals surface area contributed by atoms with Gasteiger partial charge < -0.3 is 9.30 Å². The molecule has 0 unspecified atom stereocenters. The summed E-state index contributed by atoms with van der Waals surface area (Å²) in [5, 5.41) is 0. The van der Waals surface area contributed by atoms with Crippen molar-refractivity contribution in [3.63, 3.8) is 0 Å². The van der Waals surface area contributed by atoms with Crippen molar-refractivity contribution < 1.29 is 4.74 Å². The summed E-state index contributed by atoms with van der Waals surface area (Å²) < 4.78 is 8.18. The summed E-state index contributed by atoms with van der Waals surface area (Å²) in [6.07, 6.45) is 3.46. The number of methoxy groups -OCH3 is 1. The molecule has 3 rings (SSSR count). The molecule has 2 aromatic heterocycles. The molecule has 19 heavy (non-hydrogen) atoms. The number of aryl methyl sites for hydroxylation is 1. The van der Waals surface area contributed by atoms with Gasteiger partial charge >= 0.3 is 5.69 Å². The minimum absolute atomic E-state index is 0.107. The van der Waals surface area contributed by atoms with Gasteiger partial charge in [-0.05, 0) is 30.3 Å². The number of benzene rings is 1. The molecule has 1 aromatic carbocycles. The highest BCUT2D eigenvalue weighted by Gasteiger charge is 2.07. The fourth-order valence-electron chi connectivity index (χ4n) is 1.98. The van der Waals surface area contributed by atoms with Gasteiger partial charge in [-0.2, -0.15) is 0 Å². The van der Waals surface area contributed by atoms with Crippen molar-refractivity contribution >= 4 is 5.65 Å². The quantitative estimate of drug-likeness (QED) is 0.700. The Morgan fingerprint density at radius 1 is 1.16 bits per heavy atom. The zero-order valence-electron chi connectivity index (χ0n) is 10.7. The minimum atomic E-state index is -0.107. The summed E-state index contributed by atoms with van der Waals surface area (Å²) in [6, 6.07) is 9.40. The third-order valence-electron chi connectivity index (χ3n) is 3.07. The van der Waals surface area contributed by atoms with Gasteiger partial charge in [0.25, 0.3) is 0 Å². The zero-order chi connectivity index (χ0) is 13.4. The molecule has 2 heterocycles. The molecule has 0 amide bonds. The van der Waals surface area contributed by atoms with Gasteiger partial charge in [0.15, 0.2) is 0 Å². The van der Waals surface area contributed by atoms with Crippen molar-refractivity contribution in [2.24, 2.45) is 7.05 Å². The van der Waals surface area contributed by atoms with Crippen molar-refractivity contribution in [1.29, 1.82) is 0 Å². The van der Waals surface area contributed by atoms with Gasteiger partial charge in [-0.1, -0.05) is 0 Å². The first kappa shape index (κ1) is 11.5. The minimum Gasteiger partial charge on any atom is -0.497 e. The third-order valence-corrected chi connectivity index (χ3v) is 3.07. The second-order valence-corrected chi connectivity index (χ2v) is 4.29. The van der Waals surface area contributed by atoms with Crippen LogP contribution in [0.5, 0.6) is 5.75 Å². The highest BCUT2D eigenvalue weighted by molar-refractivity contribution is 5.63. The number of nitrogens with zero attached hydrogens (tertiary/aromatic N) is 3. The standard InChI is InChI=1S/C14H13N3O2/c1-16-8-7-13-15-12(9-17(13)14(16)18)10-3-5-11(19-2)6-4-10/h3-9H,1-2H3. The molecule has 3 aromatic rings. The van der Waals surface area contributed by atoms with E-state index in [1.807, 2.05) is 30.3 Å². The number of ether oxygens (including phenoxy) is 1. The monoisotopic (exact) mass is 255 g/mol. The molecule has 0 spiro atoms. The van der Waals surface area contributed by atoms with Crippen LogP contribution in [0.1, 0.15) is 0 Å². The average Bonchev–Trinajstić information content (AvgIpc) is 2.88. The van der Waals surface area contributed by atoms with E-state index in [1.54, 1.807) is 31.0 Å². The molecule has 0 radical (unpaired) electrons. The van der Waals surface area contributed by atoms with E-state index in [0.717, 1.165) is 17.0 Å². The van der Waals surface area contributed by atoms with Crippen LogP contribution >= 0.6 is 0 Å². The molecule has 0 saturated carbocycles. The second-order valence-electron chi connectivity index (χ2n) is 4.29. The van der Waals surface area contributed by atoms with Gasteiger partial charge in [0.05, 0.1) is 12.8 Å². The van der Waals surface area contributed by atoms with Crippen molar-refractivity contribution in [1.82, 2.24) is 14.0 Å². The molecule has 0 aliphatic heterocycles.